The molecule has 1 heterocycles. The molecule has 2 rings (SSSR count). The van der Waals surface area contributed by atoms with E-state index in [9.17, 15) is 13.2 Å². The van der Waals surface area contributed by atoms with Crippen molar-refractivity contribution in [2.75, 3.05) is 54.0 Å². The van der Waals surface area contributed by atoms with Gasteiger partial charge in [0.05, 0.1) is 11.5 Å². The molecule has 1 aliphatic heterocycles. The Morgan fingerprint density at radius 2 is 2.20 bits per heavy atom. The van der Waals surface area contributed by atoms with Gasteiger partial charge in [-0.2, -0.15) is 4.31 Å². The summed E-state index contributed by atoms with van der Waals surface area (Å²) < 4.78 is 31.7. The molecular formula is C17H27N3O4S. The van der Waals surface area contributed by atoms with Crippen molar-refractivity contribution < 1.29 is 17.9 Å². The molecule has 1 N–H and O–H groups in total. The summed E-state index contributed by atoms with van der Waals surface area (Å²) in [5.74, 6) is 0.210. The lowest BCUT2D eigenvalue weighted by atomic mass is 10.1. The van der Waals surface area contributed by atoms with Crippen molar-refractivity contribution in [3.63, 3.8) is 0 Å². The minimum absolute atomic E-state index is 0.131. The maximum absolute atomic E-state index is 12.7. The minimum atomic E-state index is -3.61. The van der Waals surface area contributed by atoms with Crippen LogP contribution in [0, 0.1) is 5.92 Å². The number of ether oxygens (including phenoxy) is 1. The van der Waals surface area contributed by atoms with Crippen LogP contribution >= 0.6 is 0 Å². The van der Waals surface area contributed by atoms with Gasteiger partial charge in [0, 0.05) is 51.8 Å². The van der Waals surface area contributed by atoms with E-state index in [1.54, 1.807) is 31.2 Å². The summed E-state index contributed by atoms with van der Waals surface area (Å²) in [5, 5.41) is 2.93. The molecule has 0 aliphatic carbocycles. The quantitative estimate of drug-likeness (QED) is 0.727. The van der Waals surface area contributed by atoms with E-state index in [0.29, 0.717) is 44.3 Å². The fourth-order valence-electron chi connectivity index (χ4n) is 2.93. The van der Waals surface area contributed by atoms with Gasteiger partial charge < -0.3 is 15.0 Å². The second-order valence-corrected chi connectivity index (χ2v) is 8.36. The maximum Gasteiger partial charge on any atom is 0.253 e. The second-order valence-electron chi connectivity index (χ2n) is 6.32. The van der Waals surface area contributed by atoms with E-state index in [-0.39, 0.29) is 10.8 Å². The second kappa shape index (κ2) is 8.75. The lowest BCUT2D eigenvalue weighted by Crippen LogP contribution is -2.33. The molecule has 1 saturated heterocycles. The summed E-state index contributed by atoms with van der Waals surface area (Å²) in [6, 6.07) is 6.28. The number of amides is 1. The van der Waals surface area contributed by atoms with Crippen LogP contribution in [-0.2, 0) is 14.8 Å². The van der Waals surface area contributed by atoms with Gasteiger partial charge in [-0.05, 0) is 31.7 Å². The highest BCUT2D eigenvalue weighted by atomic mass is 32.2. The first-order valence-electron chi connectivity index (χ1n) is 8.39. The zero-order chi connectivity index (χ0) is 18.4. The molecule has 0 aromatic heterocycles. The van der Waals surface area contributed by atoms with Gasteiger partial charge >= 0.3 is 0 Å². The Labute approximate surface area is 150 Å². The van der Waals surface area contributed by atoms with Gasteiger partial charge in [-0.25, -0.2) is 8.42 Å². The van der Waals surface area contributed by atoms with Crippen LogP contribution in [0.25, 0.3) is 0 Å². The van der Waals surface area contributed by atoms with Crippen molar-refractivity contribution in [3.8, 4) is 0 Å². The fraction of sp³-hybridized carbons (Fsp3) is 0.588. The Morgan fingerprint density at radius 3 is 2.88 bits per heavy atom. The molecular weight excluding hydrogens is 342 g/mol. The molecule has 140 valence electrons. The van der Waals surface area contributed by atoms with Crippen molar-refractivity contribution in [2.45, 2.75) is 11.3 Å². The predicted octanol–water partition coefficient (Wildman–Crippen LogP) is 0.635. The van der Waals surface area contributed by atoms with Gasteiger partial charge in [-0.1, -0.05) is 6.07 Å². The van der Waals surface area contributed by atoms with Gasteiger partial charge in [-0.3, -0.25) is 4.79 Å². The highest BCUT2D eigenvalue weighted by Gasteiger charge is 2.28. The Bertz CT molecular complexity index is 693. The van der Waals surface area contributed by atoms with Gasteiger partial charge in [0.1, 0.15) is 0 Å². The first-order valence-corrected chi connectivity index (χ1v) is 9.83. The average Bonchev–Trinajstić information content (AvgIpc) is 3.08. The number of hydrogen-bond acceptors (Lipinski definition) is 5. The van der Waals surface area contributed by atoms with Gasteiger partial charge in [0.25, 0.3) is 5.91 Å². The molecule has 1 atom stereocenters. The lowest BCUT2D eigenvalue weighted by molar-refractivity contribution is 0.0775. The summed E-state index contributed by atoms with van der Waals surface area (Å²) in [6.07, 6.45) is 0.907. The number of carbonyl (C=O) groups excluding carboxylic acids is 1. The summed E-state index contributed by atoms with van der Waals surface area (Å²) in [7, 11) is 1.36. The SMILES string of the molecule is CNCCN(C)S(=O)(=O)c1cccc(C(=O)N2CCC(COC)C2)c1. The third-order valence-corrected chi connectivity index (χ3v) is 6.29. The summed E-state index contributed by atoms with van der Waals surface area (Å²) >= 11 is 0. The molecule has 1 unspecified atom stereocenters. The Morgan fingerprint density at radius 1 is 1.44 bits per heavy atom. The van der Waals surface area contributed by atoms with Crippen LogP contribution in [0.2, 0.25) is 0 Å². The number of nitrogens with one attached hydrogen (secondary N) is 1. The minimum Gasteiger partial charge on any atom is -0.384 e. The standard InChI is InChI=1S/C17H27N3O4S/c1-18-8-10-19(2)25(22,23)16-6-4-5-15(11-16)17(21)20-9-7-14(12-20)13-24-3/h4-6,11,14,18H,7-10,12-13H2,1-3H3. The molecule has 25 heavy (non-hydrogen) atoms. The maximum atomic E-state index is 12.7. The van der Waals surface area contributed by atoms with Crippen molar-refractivity contribution >= 4 is 15.9 Å². The van der Waals surface area contributed by atoms with Crippen molar-refractivity contribution in [3.05, 3.63) is 29.8 Å². The number of hydrogen-bond donors (Lipinski definition) is 1. The summed E-state index contributed by atoms with van der Waals surface area (Å²) in [4.78, 5) is 14.6. The molecule has 1 aromatic carbocycles. The van der Waals surface area contributed by atoms with Gasteiger partial charge in [0.15, 0.2) is 0 Å². The van der Waals surface area contributed by atoms with Crippen molar-refractivity contribution in [2.24, 2.45) is 5.92 Å². The number of likely N-dealkylation sites (N-methyl/N-ethyl adjacent to an activating group) is 2. The molecule has 8 heteroatoms. The highest BCUT2D eigenvalue weighted by molar-refractivity contribution is 7.89. The van der Waals surface area contributed by atoms with Crippen molar-refractivity contribution in [1.29, 1.82) is 0 Å². The third-order valence-electron chi connectivity index (χ3n) is 4.44. The van der Waals surface area contributed by atoms with E-state index >= 15 is 0 Å². The fourth-order valence-corrected chi connectivity index (χ4v) is 4.15. The van der Waals surface area contributed by atoms with Crippen molar-refractivity contribution in [1.82, 2.24) is 14.5 Å². The zero-order valence-electron chi connectivity index (χ0n) is 15.1. The number of nitrogens with zero attached hydrogens (tertiary/aromatic N) is 2. The smallest absolute Gasteiger partial charge is 0.253 e. The van der Waals surface area contributed by atoms with E-state index < -0.39 is 10.0 Å². The summed E-state index contributed by atoms with van der Waals surface area (Å²) in [5.41, 5.74) is 0.404. The molecule has 1 aliphatic rings. The number of sulfonamides is 1. The highest BCUT2D eigenvalue weighted by Crippen LogP contribution is 2.21. The molecule has 0 radical (unpaired) electrons. The average molecular weight is 369 g/mol. The summed E-state index contributed by atoms with van der Waals surface area (Å²) in [6.45, 7) is 2.87. The number of rotatable bonds is 8. The zero-order valence-corrected chi connectivity index (χ0v) is 15.9. The van der Waals surface area contributed by atoms with Crippen LogP contribution in [0.3, 0.4) is 0 Å². The first kappa shape index (κ1) is 19.8. The number of carbonyl (C=O) groups is 1. The Balaban J connectivity index is 2.14. The molecule has 0 spiro atoms. The normalized spacial score (nSPS) is 18.1. The van der Waals surface area contributed by atoms with Crippen LogP contribution in [0.1, 0.15) is 16.8 Å². The molecule has 1 amide bonds. The number of benzene rings is 1. The molecule has 0 bridgehead atoms. The van der Waals surface area contributed by atoms with Crippen LogP contribution in [0.15, 0.2) is 29.2 Å². The van der Waals surface area contributed by atoms with E-state index in [0.717, 1.165) is 6.42 Å². The largest absolute Gasteiger partial charge is 0.384 e. The lowest BCUT2D eigenvalue weighted by Gasteiger charge is -2.19. The van der Waals surface area contributed by atoms with E-state index in [4.69, 9.17) is 4.74 Å². The molecule has 0 saturated carbocycles. The molecule has 1 fully saturated rings. The predicted molar refractivity (Wildman–Crippen MR) is 96.1 cm³/mol. The van der Waals surface area contributed by atoms with Crippen LogP contribution in [0.5, 0.6) is 0 Å². The number of methoxy groups -OCH3 is 1. The monoisotopic (exact) mass is 369 g/mol. The first-order chi connectivity index (χ1) is 11.9. The van der Waals surface area contributed by atoms with E-state index in [1.807, 2.05) is 0 Å². The van der Waals surface area contributed by atoms with Gasteiger partial charge in [0.2, 0.25) is 10.0 Å². The van der Waals surface area contributed by atoms with Crippen LogP contribution in [-0.4, -0.2) is 77.5 Å². The Kier molecular flexibility index (Phi) is 6.95. The molecule has 7 nitrogen and oxygen atoms in total. The van der Waals surface area contributed by atoms with E-state index in [2.05, 4.69) is 5.32 Å². The van der Waals surface area contributed by atoms with Crippen LogP contribution < -0.4 is 5.32 Å². The Hall–Kier alpha value is -1.48. The number of likely N-dealkylation sites (tertiary alicyclic amines) is 1. The third kappa shape index (κ3) is 4.78. The van der Waals surface area contributed by atoms with Gasteiger partial charge in [-0.15, -0.1) is 0 Å². The van der Waals surface area contributed by atoms with E-state index in [1.165, 1.54) is 23.5 Å². The van der Waals surface area contributed by atoms with Crippen LogP contribution in [0.4, 0.5) is 0 Å². The topological polar surface area (TPSA) is 79.0 Å². The molecule has 1 aromatic rings.